The van der Waals surface area contributed by atoms with Gasteiger partial charge in [-0.2, -0.15) is 5.10 Å². The second kappa shape index (κ2) is 6.01. The molecule has 0 aliphatic carbocycles. The molecule has 0 unspecified atom stereocenters. The zero-order valence-electron chi connectivity index (χ0n) is 12.5. The SMILES string of the molecule is CN(C(=O)c1ccc(=O)[nH]n1)c1ccc(N2CCCC2)cc1. The maximum absolute atomic E-state index is 12.3. The highest BCUT2D eigenvalue weighted by molar-refractivity contribution is 6.04. The lowest BCUT2D eigenvalue weighted by Gasteiger charge is -2.20. The molecule has 2 heterocycles. The zero-order chi connectivity index (χ0) is 15.5. The van der Waals surface area contributed by atoms with Crippen molar-refractivity contribution in [3.05, 3.63) is 52.4 Å². The van der Waals surface area contributed by atoms with Crippen LogP contribution in [0.2, 0.25) is 0 Å². The van der Waals surface area contributed by atoms with E-state index in [0.717, 1.165) is 18.8 Å². The maximum Gasteiger partial charge on any atom is 0.278 e. The summed E-state index contributed by atoms with van der Waals surface area (Å²) in [4.78, 5) is 27.2. The van der Waals surface area contributed by atoms with Crippen molar-refractivity contribution in [2.75, 3.05) is 29.9 Å². The van der Waals surface area contributed by atoms with E-state index in [0.29, 0.717) is 0 Å². The first kappa shape index (κ1) is 14.3. The minimum atomic E-state index is -0.325. The molecular weight excluding hydrogens is 280 g/mol. The van der Waals surface area contributed by atoms with Gasteiger partial charge in [0.2, 0.25) is 0 Å². The van der Waals surface area contributed by atoms with Gasteiger partial charge in [-0.15, -0.1) is 0 Å². The van der Waals surface area contributed by atoms with Gasteiger partial charge in [0, 0.05) is 37.6 Å². The molecule has 0 radical (unpaired) electrons. The van der Waals surface area contributed by atoms with E-state index in [1.807, 2.05) is 24.3 Å². The standard InChI is InChI=1S/C16H18N4O2/c1-19(16(22)14-8-9-15(21)18-17-14)12-4-6-13(7-5-12)20-10-2-3-11-20/h4-9H,2-3,10-11H2,1H3,(H,18,21). The highest BCUT2D eigenvalue weighted by atomic mass is 16.2. The lowest BCUT2D eigenvalue weighted by molar-refractivity contribution is 0.0987. The fraction of sp³-hybridized carbons (Fsp3) is 0.312. The van der Waals surface area contributed by atoms with E-state index in [4.69, 9.17) is 0 Å². The molecule has 6 heteroatoms. The Morgan fingerprint density at radius 1 is 1.14 bits per heavy atom. The summed E-state index contributed by atoms with van der Waals surface area (Å²) in [7, 11) is 1.69. The fourth-order valence-corrected chi connectivity index (χ4v) is 2.62. The Balaban J connectivity index is 1.76. The zero-order valence-corrected chi connectivity index (χ0v) is 12.5. The predicted molar refractivity (Wildman–Crippen MR) is 85.5 cm³/mol. The summed E-state index contributed by atoms with van der Waals surface area (Å²) in [5.74, 6) is -0.259. The van der Waals surface area contributed by atoms with Gasteiger partial charge in [-0.3, -0.25) is 9.59 Å². The number of nitrogens with one attached hydrogen (secondary N) is 1. The van der Waals surface area contributed by atoms with Crippen molar-refractivity contribution in [3.8, 4) is 0 Å². The Kier molecular flexibility index (Phi) is 3.91. The van der Waals surface area contributed by atoms with Crippen LogP contribution in [-0.4, -0.2) is 36.2 Å². The van der Waals surface area contributed by atoms with E-state index in [1.165, 1.54) is 35.6 Å². The summed E-state index contributed by atoms with van der Waals surface area (Å²) in [5.41, 5.74) is 1.87. The molecule has 0 bridgehead atoms. The van der Waals surface area contributed by atoms with Gasteiger partial charge in [0.15, 0.2) is 0 Å². The first-order valence-corrected chi connectivity index (χ1v) is 7.34. The average molecular weight is 298 g/mol. The Morgan fingerprint density at radius 2 is 1.82 bits per heavy atom. The number of rotatable bonds is 3. The Labute approximate surface area is 128 Å². The monoisotopic (exact) mass is 298 g/mol. The van der Waals surface area contributed by atoms with Crippen LogP contribution in [0, 0.1) is 0 Å². The molecule has 1 saturated heterocycles. The molecule has 0 saturated carbocycles. The molecule has 1 aliphatic heterocycles. The molecule has 1 aliphatic rings. The van der Waals surface area contributed by atoms with Crippen LogP contribution in [0.25, 0.3) is 0 Å². The highest BCUT2D eigenvalue weighted by Gasteiger charge is 2.16. The summed E-state index contributed by atoms with van der Waals surface area (Å²) >= 11 is 0. The lowest BCUT2D eigenvalue weighted by atomic mass is 10.2. The Hall–Kier alpha value is -2.63. The third-order valence-corrected chi connectivity index (χ3v) is 3.91. The van der Waals surface area contributed by atoms with Crippen LogP contribution >= 0.6 is 0 Å². The number of H-pyrrole nitrogens is 1. The lowest BCUT2D eigenvalue weighted by Crippen LogP contribution is -2.28. The third-order valence-electron chi connectivity index (χ3n) is 3.91. The number of anilines is 2. The number of aromatic amines is 1. The van der Waals surface area contributed by atoms with Gasteiger partial charge in [0.05, 0.1) is 0 Å². The largest absolute Gasteiger partial charge is 0.372 e. The van der Waals surface area contributed by atoms with Gasteiger partial charge in [-0.25, -0.2) is 5.10 Å². The number of amides is 1. The second-order valence-corrected chi connectivity index (χ2v) is 5.38. The molecule has 2 aromatic rings. The van der Waals surface area contributed by atoms with Gasteiger partial charge < -0.3 is 9.80 Å². The van der Waals surface area contributed by atoms with Gasteiger partial charge in [-0.1, -0.05) is 0 Å². The summed E-state index contributed by atoms with van der Waals surface area (Å²) in [6.45, 7) is 2.19. The number of carbonyl (C=O) groups is 1. The highest BCUT2D eigenvalue weighted by Crippen LogP contribution is 2.23. The first-order valence-electron chi connectivity index (χ1n) is 7.34. The summed E-state index contributed by atoms with van der Waals surface area (Å²) < 4.78 is 0. The van der Waals surface area contributed by atoms with Gasteiger partial charge >= 0.3 is 0 Å². The van der Waals surface area contributed by atoms with Crippen LogP contribution < -0.4 is 15.4 Å². The van der Waals surface area contributed by atoms with E-state index in [9.17, 15) is 9.59 Å². The normalized spacial score (nSPS) is 14.1. The van der Waals surface area contributed by atoms with E-state index in [-0.39, 0.29) is 17.2 Å². The summed E-state index contributed by atoms with van der Waals surface area (Å²) in [6.07, 6.45) is 2.47. The molecule has 22 heavy (non-hydrogen) atoms. The van der Waals surface area contributed by atoms with Crippen LogP contribution in [0.15, 0.2) is 41.2 Å². The number of hydrogen-bond acceptors (Lipinski definition) is 4. The van der Waals surface area contributed by atoms with Crippen LogP contribution in [0.5, 0.6) is 0 Å². The van der Waals surface area contributed by atoms with Gasteiger partial charge in [-0.05, 0) is 43.2 Å². The van der Waals surface area contributed by atoms with Crippen molar-refractivity contribution in [2.45, 2.75) is 12.8 Å². The molecule has 114 valence electrons. The van der Waals surface area contributed by atoms with Crippen LogP contribution in [0.1, 0.15) is 23.3 Å². The van der Waals surface area contributed by atoms with Gasteiger partial charge in [0.1, 0.15) is 5.69 Å². The third kappa shape index (κ3) is 2.86. The molecule has 3 rings (SSSR count). The predicted octanol–water partition coefficient (Wildman–Crippen LogP) is 1.65. The van der Waals surface area contributed by atoms with Crippen molar-refractivity contribution < 1.29 is 4.79 Å². The molecule has 1 amide bonds. The number of carbonyl (C=O) groups excluding carboxylic acids is 1. The quantitative estimate of drug-likeness (QED) is 0.935. The van der Waals surface area contributed by atoms with Crippen molar-refractivity contribution in [3.63, 3.8) is 0 Å². The molecule has 6 nitrogen and oxygen atoms in total. The minimum Gasteiger partial charge on any atom is -0.372 e. The fourth-order valence-electron chi connectivity index (χ4n) is 2.62. The molecule has 0 atom stereocenters. The molecule has 1 aromatic carbocycles. The molecule has 1 aromatic heterocycles. The Morgan fingerprint density at radius 3 is 2.41 bits per heavy atom. The van der Waals surface area contributed by atoms with E-state index in [2.05, 4.69) is 15.1 Å². The Bertz CT molecular complexity index is 697. The number of benzene rings is 1. The van der Waals surface area contributed by atoms with Crippen LogP contribution in [0.4, 0.5) is 11.4 Å². The van der Waals surface area contributed by atoms with Crippen LogP contribution in [-0.2, 0) is 0 Å². The topological polar surface area (TPSA) is 69.3 Å². The summed E-state index contributed by atoms with van der Waals surface area (Å²) in [5, 5.41) is 6.04. The van der Waals surface area contributed by atoms with Crippen molar-refractivity contribution >= 4 is 17.3 Å². The number of hydrogen-bond donors (Lipinski definition) is 1. The van der Waals surface area contributed by atoms with Gasteiger partial charge in [0.25, 0.3) is 11.5 Å². The smallest absolute Gasteiger partial charge is 0.278 e. The average Bonchev–Trinajstić information content (AvgIpc) is 3.09. The van der Waals surface area contributed by atoms with Crippen LogP contribution in [0.3, 0.4) is 0 Å². The van der Waals surface area contributed by atoms with E-state index >= 15 is 0 Å². The molecule has 1 N–H and O–H groups in total. The van der Waals surface area contributed by atoms with Crippen molar-refractivity contribution in [1.82, 2.24) is 10.2 Å². The molecule has 0 spiro atoms. The van der Waals surface area contributed by atoms with E-state index < -0.39 is 0 Å². The minimum absolute atomic E-state index is 0.214. The van der Waals surface area contributed by atoms with Crippen molar-refractivity contribution in [1.29, 1.82) is 0 Å². The van der Waals surface area contributed by atoms with Crippen molar-refractivity contribution in [2.24, 2.45) is 0 Å². The molecule has 1 fully saturated rings. The summed E-state index contributed by atoms with van der Waals surface area (Å²) in [6, 6.07) is 10.6. The van der Waals surface area contributed by atoms with E-state index in [1.54, 1.807) is 7.05 Å². The first-order chi connectivity index (χ1) is 10.6. The molecular formula is C16H18N4O2. The second-order valence-electron chi connectivity index (χ2n) is 5.38. The maximum atomic E-state index is 12.3. The number of nitrogens with zero attached hydrogens (tertiary/aromatic N) is 3. The number of aromatic nitrogens is 2.